The molecule has 0 amide bonds. The molecule has 2 aromatic rings. The van der Waals surface area contributed by atoms with E-state index in [9.17, 15) is 4.79 Å². The van der Waals surface area contributed by atoms with Gasteiger partial charge in [0.1, 0.15) is 11.2 Å². The minimum atomic E-state index is -0.708. The number of para-hydroxylation sites is 1. The lowest BCUT2D eigenvalue weighted by molar-refractivity contribution is -0.667. The van der Waals surface area contributed by atoms with Crippen LogP contribution >= 0.6 is 11.3 Å². The third kappa shape index (κ3) is 3.78. The highest BCUT2D eigenvalue weighted by atomic mass is 79.9. The molecule has 1 N–H and O–H groups in total. The van der Waals surface area contributed by atoms with E-state index >= 15 is 0 Å². The molecule has 0 spiro atoms. The largest absolute Gasteiger partial charge is 1.00 e. The summed E-state index contributed by atoms with van der Waals surface area (Å²) in [4.78, 5) is 10.4. The molecule has 0 saturated heterocycles. The zero-order valence-corrected chi connectivity index (χ0v) is 11.7. The van der Waals surface area contributed by atoms with Gasteiger partial charge in [0, 0.05) is 18.9 Å². The molecule has 1 aromatic carbocycles. The average molecular weight is 316 g/mol. The number of unbranched alkanes of at least 4 members (excludes halogenated alkanes) is 1. The van der Waals surface area contributed by atoms with Gasteiger partial charge in [0.25, 0.3) is 0 Å². The molecule has 3 nitrogen and oxygen atoms in total. The molecule has 1 heterocycles. The summed E-state index contributed by atoms with van der Waals surface area (Å²) in [6, 6.07) is 8.27. The van der Waals surface area contributed by atoms with E-state index in [0.717, 1.165) is 19.4 Å². The number of thiazole rings is 1. The first-order valence-electron chi connectivity index (χ1n) is 5.35. The maximum absolute atomic E-state index is 10.4. The summed E-state index contributed by atoms with van der Waals surface area (Å²) >= 11 is 1.72. The molecule has 0 saturated carbocycles. The summed E-state index contributed by atoms with van der Waals surface area (Å²) < 4.78 is 3.47. The molecule has 0 bridgehead atoms. The Labute approximate surface area is 114 Å². The number of aromatic nitrogens is 1. The van der Waals surface area contributed by atoms with Gasteiger partial charge < -0.3 is 22.1 Å². The molecule has 17 heavy (non-hydrogen) atoms. The van der Waals surface area contributed by atoms with Crippen molar-refractivity contribution < 1.29 is 31.4 Å². The van der Waals surface area contributed by atoms with Crippen molar-refractivity contribution in [3.05, 3.63) is 29.8 Å². The molecule has 1 aromatic heterocycles. The SMILES string of the molecule is O=C(O)CCCC[n+]1csc2ccccc21.[Br-]. The van der Waals surface area contributed by atoms with Crippen LogP contribution in [0, 0.1) is 0 Å². The van der Waals surface area contributed by atoms with Gasteiger partial charge in [0.05, 0.1) is 0 Å². The summed E-state index contributed by atoms with van der Waals surface area (Å²) in [5.74, 6) is -0.708. The van der Waals surface area contributed by atoms with Crippen molar-refractivity contribution >= 4 is 27.5 Å². The normalized spacial score (nSPS) is 10.1. The van der Waals surface area contributed by atoms with E-state index in [1.54, 1.807) is 11.3 Å². The smallest absolute Gasteiger partial charge is 0.303 e. The van der Waals surface area contributed by atoms with Crippen LogP contribution in [0.2, 0.25) is 0 Å². The number of halogens is 1. The van der Waals surface area contributed by atoms with Gasteiger partial charge in [-0.2, -0.15) is 4.57 Å². The Balaban J connectivity index is 0.00000144. The maximum Gasteiger partial charge on any atom is 0.303 e. The lowest BCUT2D eigenvalue weighted by atomic mass is 10.2. The van der Waals surface area contributed by atoms with Gasteiger partial charge in [0.2, 0.25) is 11.0 Å². The number of aryl methyl sites for hydroxylation is 1. The topological polar surface area (TPSA) is 41.2 Å². The third-order valence-electron chi connectivity index (χ3n) is 2.52. The average Bonchev–Trinajstić information content (AvgIpc) is 2.68. The van der Waals surface area contributed by atoms with E-state index in [2.05, 4.69) is 22.2 Å². The summed E-state index contributed by atoms with van der Waals surface area (Å²) in [6.45, 7) is 0.900. The first kappa shape index (κ1) is 14.1. The zero-order chi connectivity index (χ0) is 11.4. The van der Waals surface area contributed by atoms with Crippen molar-refractivity contribution in [1.82, 2.24) is 0 Å². The number of aliphatic carboxylic acids is 1. The minimum Gasteiger partial charge on any atom is -1.00 e. The molecule has 0 fully saturated rings. The fourth-order valence-corrected chi connectivity index (χ4v) is 2.63. The second-order valence-corrected chi connectivity index (χ2v) is 4.62. The molecule has 0 radical (unpaired) electrons. The fourth-order valence-electron chi connectivity index (χ4n) is 1.70. The number of hydrogen-bond donors (Lipinski definition) is 1. The Kier molecular flexibility index (Phi) is 5.58. The highest BCUT2D eigenvalue weighted by molar-refractivity contribution is 7.16. The molecule has 0 aliphatic heterocycles. The number of hydrogen-bond acceptors (Lipinski definition) is 2. The first-order chi connectivity index (χ1) is 7.77. The monoisotopic (exact) mass is 315 g/mol. The number of carboxylic acid groups (broad SMARTS) is 1. The molecule has 5 heteroatoms. The lowest BCUT2D eigenvalue weighted by Crippen LogP contribution is -3.00. The van der Waals surface area contributed by atoms with Gasteiger partial charge in [-0.25, -0.2) is 0 Å². The number of nitrogens with zero attached hydrogens (tertiary/aromatic N) is 1. The molecule has 0 aliphatic carbocycles. The standard InChI is InChI=1S/C12H13NO2S.BrH/c14-12(15)7-3-4-8-13-9-16-11-6-2-1-5-10(11)13;/h1-2,5-6,9H,3-4,7-8H2;1H. The molecule has 0 unspecified atom stereocenters. The van der Waals surface area contributed by atoms with E-state index in [1.807, 2.05) is 12.1 Å². The molecule has 2 rings (SSSR count). The number of benzene rings is 1. The van der Waals surface area contributed by atoms with Crippen LogP contribution in [0.15, 0.2) is 29.8 Å². The zero-order valence-electron chi connectivity index (χ0n) is 9.30. The van der Waals surface area contributed by atoms with Crippen molar-refractivity contribution in [3.8, 4) is 0 Å². The van der Waals surface area contributed by atoms with E-state index in [1.165, 1.54) is 10.2 Å². The Morgan fingerprint density at radius 2 is 2.06 bits per heavy atom. The van der Waals surface area contributed by atoms with Crippen LogP contribution in [0.4, 0.5) is 0 Å². The van der Waals surface area contributed by atoms with E-state index in [0.29, 0.717) is 0 Å². The van der Waals surface area contributed by atoms with Gasteiger partial charge in [-0.3, -0.25) is 4.79 Å². The second kappa shape index (κ2) is 6.71. The van der Waals surface area contributed by atoms with Gasteiger partial charge >= 0.3 is 5.97 Å². The first-order valence-corrected chi connectivity index (χ1v) is 6.23. The van der Waals surface area contributed by atoms with Crippen LogP contribution in [-0.4, -0.2) is 11.1 Å². The van der Waals surface area contributed by atoms with Crippen molar-refractivity contribution in [3.63, 3.8) is 0 Å². The van der Waals surface area contributed by atoms with Gasteiger partial charge in [-0.1, -0.05) is 23.5 Å². The summed E-state index contributed by atoms with van der Waals surface area (Å²) in [7, 11) is 0. The van der Waals surface area contributed by atoms with Crippen LogP contribution in [0.1, 0.15) is 19.3 Å². The number of carboxylic acids is 1. The second-order valence-electron chi connectivity index (χ2n) is 3.74. The Morgan fingerprint density at radius 3 is 2.82 bits per heavy atom. The number of carbonyl (C=O) groups is 1. The van der Waals surface area contributed by atoms with E-state index < -0.39 is 5.97 Å². The van der Waals surface area contributed by atoms with E-state index in [-0.39, 0.29) is 23.4 Å². The Morgan fingerprint density at radius 1 is 1.29 bits per heavy atom. The van der Waals surface area contributed by atoms with Crippen molar-refractivity contribution in [2.45, 2.75) is 25.8 Å². The highest BCUT2D eigenvalue weighted by Crippen LogP contribution is 2.15. The minimum absolute atomic E-state index is 0. The van der Waals surface area contributed by atoms with Crippen LogP contribution in [0.3, 0.4) is 0 Å². The fraction of sp³-hybridized carbons (Fsp3) is 0.333. The predicted octanol–water partition coefficient (Wildman–Crippen LogP) is -0.552. The van der Waals surface area contributed by atoms with E-state index in [4.69, 9.17) is 5.11 Å². The molecule has 0 atom stereocenters. The van der Waals surface area contributed by atoms with Gasteiger partial charge in [-0.15, -0.1) is 0 Å². The molecular weight excluding hydrogens is 302 g/mol. The van der Waals surface area contributed by atoms with Crippen LogP contribution in [-0.2, 0) is 11.3 Å². The Hall–Kier alpha value is -0.940. The number of fused-ring (bicyclic) bond motifs is 1. The lowest BCUT2D eigenvalue weighted by Gasteiger charge is -1.94. The molecule has 92 valence electrons. The predicted molar refractivity (Wildman–Crippen MR) is 63.5 cm³/mol. The van der Waals surface area contributed by atoms with Crippen molar-refractivity contribution in [1.29, 1.82) is 0 Å². The van der Waals surface area contributed by atoms with Crippen LogP contribution in [0.25, 0.3) is 10.2 Å². The summed E-state index contributed by atoms with van der Waals surface area (Å²) in [5.41, 5.74) is 3.34. The van der Waals surface area contributed by atoms with Gasteiger partial charge in [0.15, 0.2) is 0 Å². The van der Waals surface area contributed by atoms with Gasteiger partial charge in [-0.05, 0) is 12.5 Å². The van der Waals surface area contributed by atoms with Crippen LogP contribution < -0.4 is 21.5 Å². The quantitative estimate of drug-likeness (QED) is 0.594. The summed E-state index contributed by atoms with van der Waals surface area (Å²) in [5, 5.41) is 8.54. The third-order valence-corrected chi connectivity index (χ3v) is 3.48. The number of rotatable bonds is 5. The summed E-state index contributed by atoms with van der Waals surface area (Å²) in [6.07, 6.45) is 1.92. The highest BCUT2D eigenvalue weighted by Gasteiger charge is 2.10. The van der Waals surface area contributed by atoms with Crippen molar-refractivity contribution in [2.75, 3.05) is 0 Å². The molecule has 0 aliphatic rings. The van der Waals surface area contributed by atoms with Crippen LogP contribution in [0.5, 0.6) is 0 Å². The maximum atomic E-state index is 10.4. The Bertz CT molecular complexity index is 498. The molecular formula is C12H14BrNO2S. The van der Waals surface area contributed by atoms with Crippen molar-refractivity contribution in [2.24, 2.45) is 0 Å².